The molecule has 29 valence electrons. The van der Waals surface area contributed by atoms with Gasteiger partial charge in [-0.3, -0.25) is 0 Å². The highest BCUT2D eigenvalue weighted by molar-refractivity contribution is 14.1. The van der Waals surface area contributed by atoms with Crippen molar-refractivity contribution in [2.24, 2.45) is 0 Å². The van der Waals surface area contributed by atoms with E-state index in [0.29, 0.717) is 0 Å². The SMILES string of the molecule is C[B]PCI. The molecule has 1 atom stereocenters. The fourth-order valence-corrected chi connectivity index (χ4v) is 1.55. The molecule has 0 aromatic carbocycles. The molecular formula is C2H6BIP. The molecule has 0 bridgehead atoms. The Kier molecular flexibility index (Phi) is 6.50. The van der Waals surface area contributed by atoms with Gasteiger partial charge in [-0.25, -0.2) is 0 Å². The van der Waals surface area contributed by atoms with Crippen LogP contribution in [0.5, 0.6) is 0 Å². The first-order valence-electron chi connectivity index (χ1n) is 1.49. The summed E-state index contributed by atoms with van der Waals surface area (Å²) in [5.74, 6) is 0. The minimum atomic E-state index is 1.06. The number of alkyl halides is 1. The smallest absolute Gasteiger partial charge is 0.140 e. The van der Waals surface area contributed by atoms with Gasteiger partial charge in [0.2, 0.25) is 0 Å². The Bertz CT molecular complexity index is 17.1. The fraction of sp³-hybridized carbons (Fsp3) is 1.00. The van der Waals surface area contributed by atoms with E-state index in [-0.39, 0.29) is 0 Å². The van der Waals surface area contributed by atoms with Gasteiger partial charge < -0.3 is 0 Å². The topological polar surface area (TPSA) is 0 Å². The molecule has 0 saturated heterocycles. The Morgan fingerprint density at radius 1 is 2.00 bits per heavy atom. The van der Waals surface area contributed by atoms with Crippen molar-refractivity contribution >= 4 is 38.0 Å². The molecule has 0 saturated carbocycles. The van der Waals surface area contributed by atoms with E-state index in [4.69, 9.17) is 0 Å². The molecule has 0 nitrogen and oxygen atoms in total. The van der Waals surface area contributed by atoms with Gasteiger partial charge in [0.1, 0.15) is 7.00 Å². The van der Waals surface area contributed by atoms with Gasteiger partial charge in [-0.15, -0.1) is 0 Å². The van der Waals surface area contributed by atoms with Crippen LogP contribution in [0.2, 0.25) is 6.82 Å². The lowest BCUT2D eigenvalue weighted by molar-refractivity contribution is 2.33. The molecule has 3 heteroatoms. The predicted molar refractivity (Wildman–Crippen MR) is 38.8 cm³/mol. The van der Waals surface area contributed by atoms with Crippen LogP contribution in [0.4, 0.5) is 0 Å². The first-order valence-corrected chi connectivity index (χ1v) is 4.30. The van der Waals surface area contributed by atoms with E-state index in [2.05, 4.69) is 36.4 Å². The molecule has 0 heterocycles. The van der Waals surface area contributed by atoms with Crippen molar-refractivity contribution in [2.45, 2.75) is 6.82 Å². The molecule has 1 radical (unpaired) electrons. The highest BCUT2D eigenvalue weighted by Crippen LogP contribution is 2.08. The number of rotatable bonds is 2. The van der Waals surface area contributed by atoms with Crippen LogP contribution in [0.25, 0.3) is 0 Å². The Hall–Kier alpha value is 1.22. The molecule has 0 aromatic rings. The third-order valence-electron chi connectivity index (χ3n) is 0.281. The molecule has 0 aromatic heterocycles. The van der Waals surface area contributed by atoms with E-state index >= 15 is 0 Å². The summed E-state index contributed by atoms with van der Waals surface area (Å²) in [6.45, 7) is 4.30. The van der Waals surface area contributed by atoms with Gasteiger partial charge in [0.25, 0.3) is 0 Å². The van der Waals surface area contributed by atoms with Gasteiger partial charge in [-0.05, 0) is 0 Å². The molecule has 0 rings (SSSR count). The van der Waals surface area contributed by atoms with Crippen molar-refractivity contribution in [3.63, 3.8) is 0 Å². The Balaban J connectivity index is 2.19. The lowest BCUT2D eigenvalue weighted by Gasteiger charge is -1.76. The minimum Gasteiger partial charge on any atom is -0.153 e. The lowest BCUT2D eigenvalue weighted by Crippen LogP contribution is -1.61. The molecule has 0 amide bonds. The second kappa shape index (κ2) is 5.22. The maximum absolute atomic E-state index is 2.37. The van der Waals surface area contributed by atoms with Gasteiger partial charge in [0.05, 0.1) is 0 Å². The molecule has 0 spiro atoms. The Morgan fingerprint density at radius 2 is 2.60 bits per heavy atom. The molecule has 0 aliphatic rings. The summed E-state index contributed by atoms with van der Waals surface area (Å²) < 4.78 is 1.29. The standard InChI is InChI=1S/C2H6BIP/c1-3-5-2-4/h5H,2H2,1H3. The van der Waals surface area contributed by atoms with Crippen LogP contribution in [0, 0.1) is 0 Å². The number of halogens is 1. The monoisotopic (exact) mass is 199 g/mol. The van der Waals surface area contributed by atoms with E-state index in [0.717, 1.165) is 8.46 Å². The third kappa shape index (κ3) is 5.22. The average Bonchev–Trinajstić information content (AvgIpc) is 1.41. The van der Waals surface area contributed by atoms with Gasteiger partial charge in [0.15, 0.2) is 0 Å². The van der Waals surface area contributed by atoms with Crippen molar-refractivity contribution in [1.29, 1.82) is 0 Å². The van der Waals surface area contributed by atoms with Crippen LogP contribution in [-0.4, -0.2) is 11.2 Å². The zero-order valence-electron chi connectivity index (χ0n) is 3.16. The summed E-state index contributed by atoms with van der Waals surface area (Å²) >= 11 is 2.37. The summed E-state index contributed by atoms with van der Waals surface area (Å²) in [5.41, 5.74) is 0. The molecular weight excluding hydrogens is 193 g/mol. The van der Waals surface area contributed by atoms with Crippen LogP contribution in [0.1, 0.15) is 0 Å². The highest BCUT2D eigenvalue weighted by atomic mass is 127. The summed E-state index contributed by atoms with van der Waals surface area (Å²) in [5, 5.41) is 0. The second-order valence-corrected chi connectivity index (χ2v) is 4.17. The average molecular weight is 199 g/mol. The maximum atomic E-state index is 2.37. The van der Waals surface area contributed by atoms with Crippen LogP contribution in [-0.2, 0) is 0 Å². The van der Waals surface area contributed by atoms with E-state index in [1.807, 2.05) is 0 Å². The largest absolute Gasteiger partial charge is 0.153 e. The van der Waals surface area contributed by atoms with Gasteiger partial charge in [-0.2, -0.15) is 8.46 Å². The van der Waals surface area contributed by atoms with E-state index in [1.54, 1.807) is 0 Å². The maximum Gasteiger partial charge on any atom is 0.140 e. The minimum absolute atomic E-state index is 1.06. The zero-order valence-corrected chi connectivity index (χ0v) is 6.32. The molecule has 0 aliphatic heterocycles. The molecule has 0 aliphatic carbocycles. The summed E-state index contributed by atoms with van der Waals surface area (Å²) in [7, 11) is 1.06. The van der Waals surface area contributed by atoms with Crippen LogP contribution in [0.15, 0.2) is 0 Å². The summed E-state index contributed by atoms with van der Waals surface area (Å²) in [4.78, 5) is 0. The van der Waals surface area contributed by atoms with E-state index in [9.17, 15) is 0 Å². The second-order valence-electron chi connectivity index (χ2n) is 0.626. The quantitative estimate of drug-likeness (QED) is 0.275. The first kappa shape index (κ1) is 6.22. The van der Waals surface area contributed by atoms with Crippen molar-refractivity contribution in [1.82, 2.24) is 0 Å². The van der Waals surface area contributed by atoms with E-state index < -0.39 is 0 Å². The predicted octanol–water partition coefficient (Wildman–Crippen LogP) is 1.72. The Morgan fingerprint density at radius 3 is 2.60 bits per heavy atom. The van der Waals surface area contributed by atoms with Crippen LogP contribution >= 0.6 is 31.1 Å². The van der Waals surface area contributed by atoms with Crippen LogP contribution < -0.4 is 0 Å². The molecule has 0 fully saturated rings. The molecule has 1 unspecified atom stereocenters. The van der Waals surface area contributed by atoms with Crippen molar-refractivity contribution in [3.8, 4) is 0 Å². The van der Waals surface area contributed by atoms with Gasteiger partial charge in [0, 0.05) is 4.17 Å². The van der Waals surface area contributed by atoms with Gasteiger partial charge in [-0.1, -0.05) is 29.4 Å². The van der Waals surface area contributed by atoms with E-state index in [1.165, 1.54) is 4.17 Å². The number of hydrogen-bond donors (Lipinski definition) is 0. The number of hydrogen-bond acceptors (Lipinski definition) is 0. The molecule has 5 heavy (non-hydrogen) atoms. The fourth-order valence-electron chi connectivity index (χ4n) is 0.0772. The first-order chi connectivity index (χ1) is 2.41. The Labute approximate surface area is 49.2 Å². The van der Waals surface area contributed by atoms with Crippen molar-refractivity contribution < 1.29 is 0 Å². The van der Waals surface area contributed by atoms with Crippen LogP contribution in [0.3, 0.4) is 0 Å². The third-order valence-corrected chi connectivity index (χ3v) is 2.17. The zero-order chi connectivity index (χ0) is 4.12. The molecule has 0 N–H and O–H groups in total. The highest BCUT2D eigenvalue weighted by Gasteiger charge is 1.71. The van der Waals surface area contributed by atoms with Gasteiger partial charge >= 0.3 is 0 Å². The lowest BCUT2D eigenvalue weighted by atomic mass is 10.2. The summed E-state index contributed by atoms with van der Waals surface area (Å²) in [6.07, 6.45) is 0. The summed E-state index contributed by atoms with van der Waals surface area (Å²) in [6, 6.07) is 0. The van der Waals surface area contributed by atoms with Crippen molar-refractivity contribution in [2.75, 3.05) is 4.17 Å². The normalized spacial score (nSPS) is 10.0. The van der Waals surface area contributed by atoms with Crippen molar-refractivity contribution in [3.05, 3.63) is 0 Å².